The molecule has 126 valence electrons. The molecule has 0 saturated carbocycles. The van der Waals surface area contributed by atoms with E-state index in [0.717, 1.165) is 18.5 Å². The standard InChI is InChI=1S/C17H11F3N4O/c18-10-4-6-11(7-5-10)23-17(25)14-8-15(22-9-21-14)24-16-12(19)2-1-3-13(16)20/h1-9H,(H,23,25)(H,21,22,24). The fourth-order valence-electron chi connectivity index (χ4n) is 2.02. The lowest BCUT2D eigenvalue weighted by molar-refractivity contribution is 0.102. The average Bonchev–Trinajstić information content (AvgIpc) is 2.60. The lowest BCUT2D eigenvalue weighted by Gasteiger charge is -2.09. The second kappa shape index (κ2) is 7.00. The number of carbonyl (C=O) groups excluding carboxylic acids is 1. The zero-order valence-corrected chi connectivity index (χ0v) is 12.6. The summed E-state index contributed by atoms with van der Waals surface area (Å²) in [7, 11) is 0. The minimum Gasteiger partial charge on any atom is -0.335 e. The molecule has 0 fully saturated rings. The first kappa shape index (κ1) is 16.4. The van der Waals surface area contributed by atoms with Crippen molar-refractivity contribution < 1.29 is 18.0 Å². The summed E-state index contributed by atoms with van der Waals surface area (Å²) in [5, 5.41) is 5.00. The zero-order valence-electron chi connectivity index (χ0n) is 12.6. The van der Waals surface area contributed by atoms with Crippen molar-refractivity contribution in [3.05, 3.63) is 78.0 Å². The Morgan fingerprint density at radius 3 is 2.28 bits per heavy atom. The highest BCUT2D eigenvalue weighted by Crippen LogP contribution is 2.22. The number of benzene rings is 2. The maximum atomic E-state index is 13.7. The molecule has 1 amide bonds. The van der Waals surface area contributed by atoms with Gasteiger partial charge in [-0.1, -0.05) is 6.07 Å². The number of hydrogen-bond acceptors (Lipinski definition) is 4. The second-order valence-electron chi connectivity index (χ2n) is 4.97. The van der Waals surface area contributed by atoms with Gasteiger partial charge >= 0.3 is 0 Å². The highest BCUT2D eigenvalue weighted by Gasteiger charge is 2.12. The molecule has 2 N–H and O–H groups in total. The van der Waals surface area contributed by atoms with Crippen molar-refractivity contribution in [1.82, 2.24) is 9.97 Å². The number of nitrogens with one attached hydrogen (secondary N) is 2. The lowest BCUT2D eigenvalue weighted by atomic mass is 10.2. The highest BCUT2D eigenvalue weighted by atomic mass is 19.1. The maximum absolute atomic E-state index is 13.7. The number of halogens is 3. The van der Waals surface area contributed by atoms with Crippen molar-refractivity contribution in [2.24, 2.45) is 0 Å². The zero-order chi connectivity index (χ0) is 17.8. The minimum atomic E-state index is -0.795. The van der Waals surface area contributed by atoms with Crippen LogP contribution < -0.4 is 10.6 Å². The smallest absolute Gasteiger partial charge is 0.274 e. The first-order valence-electron chi connectivity index (χ1n) is 7.13. The van der Waals surface area contributed by atoms with E-state index in [1.807, 2.05) is 0 Å². The van der Waals surface area contributed by atoms with Crippen molar-refractivity contribution in [3.63, 3.8) is 0 Å². The molecule has 3 aromatic rings. The summed E-state index contributed by atoms with van der Waals surface area (Å²) in [6.45, 7) is 0. The average molecular weight is 344 g/mol. The molecule has 0 radical (unpaired) electrons. The van der Waals surface area contributed by atoms with E-state index in [4.69, 9.17) is 0 Å². The number of amides is 1. The van der Waals surface area contributed by atoms with Crippen LogP contribution in [-0.2, 0) is 0 Å². The van der Waals surface area contributed by atoms with Gasteiger partial charge in [-0.25, -0.2) is 23.1 Å². The van der Waals surface area contributed by atoms with Crippen molar-refractivity contribution in [2.45, 2.75) is 0 Å². The van der Waals surface area contributed by atoms with Crippen molar-refractivity contribution >= 4 is 23.1 Å². The Kier molecular flexibility index (Phi) is 4.60. The number of para-hydroxylation sites is 1. The topological polar surface area (TPSA) is 66.9 Å². The van der Waals surface area contributed by atoms with Crippen LogP contribution >= 0.6 is 0 Å². The third-order valence-electron chi connectivity index (χ3n) is 3.22. The number of aromatic nitrogens is 2. The molecule has 3 rings (SSSR count). The molecule has 8 heteroatoms. The molecule has 1 heterocycles. The number of rotatable bonds is 4. The summed E-state index contributed by atoms with van der Waals surface area (Å²) in [6.07, 6.45) is 1.08. The molecule has 0 bridgehead atoms. The van der Waals surface area contributed by atoms with Crippen molar-refractivity contribution in [1.29, 1.82) is 0 Å². The first-order valence-corrected chi connectivity index (χ1v) is 7.13. The number of carbonyl (C=O) groups is 1. The Bertz CT molecular complexity index is 896. The third-order valence-corrected chi connectivity index (χ3v) is 3.22. The van der Waals surface area contributed by atoms with E-state index in [2.05, 4.69) is 20.6 Å². The van der Waals surface area contributed by atoms with Gasteiger partial charge in [-0.2, -0.15) is 0 Å². The SMILES string of the molecule is O=C(Nc1ccc(F)cc1)c1cc(Nc2c(F)cccc2F)ncn1. The Morgan fingerprint density at radius 1 is 0.920 bits per heavy atom. The van der Waals surface area contributed by atoms with Crippen LogP contribution in [0, 0.1) is 17.5 Å². The van der Waals surface area contributed by atoms with Gasteiger partial charge in [0, 0.05) is 11.8 Å². The molecule has 0 aliphatic rings. The van der Waals surface area contributed by atoms with Gasteiger partial charge in [0.25, 0.3) is 5.91 Å². The van der Waals surface area contributed by atoms with Crippen LogP contribution in [0.2, 0.25) is 0 Å². The van der Waals surface area contributed by atoms with Crippen molar-refractivity contribution in [3.8, 4) is 0 Å². The van der Waals surface area contributed by atoms with Gasteiger partial charge in [0.1, 0.15) is 41.0 Å². The first-order chi connectivity index (χ1) is 12.0. The molecule has 5 nitrogen and oxygen atoms in total. The maximum Gasteiger partial charge on any atom is 0.274 e. The third kappa shape index (κ3) is 3.92. The molecular formula is C17H11F3N4O. The van der Waals surface area contributed by atoms with Gasteiger partial charge in [0.05, 0.1) is 0 Å². The van der Waals surface area contributed by atoms with E-state index in [0.29, 0.717) is 5.69 Å². The van der Waals surface area contributed by atoms with E-state index in [1.54, 1.807) is 0 Å². The van der Waals surface area contributed by atoms with Crippen molar-refractivity contribution in [2.75, 3.05) is 10.6 Å². The molecule has 0 aliphatic heterocycles. The largest absolute Gasteiger partial charge is 0.335 e. The highest BCUT2D eigenvalue weighted by molar-refractivity contribution is 6.03. The van der Waals surface area contributed by atoms with E-state index >= 15 is 0 Å². The molecule has 0 saturated heterocycles. The fourth-order valence-corrected chi connectivity index (χ4v) is 2.02. The number of nitrogens with zero attached hydrogens (tertiary/aromatic N) is 2. The Morgan fingerprint density at radius 2 is 1.60 bits per heavy atom. The van der Waals surface area contributed by atoms with Crippen LogP contribution in [0.1, 0.15) is 10.5 Å². The Hall–Kier alpha value is -3.42. The van der Waals surface area contributed by atoms with E-state index in [9.17, 15) is 18.0 Å². The summed E-state index contributed by atoms with van der Waals surface area (Å²) < 4.78 is 40.2. The van der Waals surface area contributed by atoms with Gasteiger partial charge in [-0.15, -0.1) is 0 Å². The van der Waals surface area contributed by atoms with E-state index in [-0.39, 0.29) is 17.2 Å². The quantitative estimate of drug-likeness (QED) is 0.753. The van der Waals surface area contributed by atoms with Crippen LogP contribution in [0.15, 0.2) is 54.9 Å². The fraction of sp³-hybridized carbons (Fsp3) is 0. The molecule has 0 spiro atoms. The monoisotopic (exact) mass is 344 g/mol. The van der Waals surface area contributed by atoms with Crippen LogP contribution in [0.25, 0.3) is 0 Å². The van der Waals surface area contributed by atoms with E-state index in [1.165, 1.54) is 36.4 Å². The van der Waals surface area contributed by atoms with Gasteiger partial charge in [-0.05, 0) is 36.4 Å². The normalized spacial score (nSPS) is 10.4. The number of hydrogen-bond donors (Lipinski definition) is 2. The summed E-state index contributed by atoms with van der Waals surface area (Å²) in [5.41, 5.74) is -0.0377. The molecule has 0 unspecified atom stereocenters. The van der Waals surface area contributed by atoms with E-state index < -0.39 is 23.4 Å². The number of anilines is 3. The van der Waals surface area contributed by atoms with Crippen LogP contribution in [0.3, 0.4) is 0 Å². The van der Waals surface area contributed by atoms with Gasteiger partial charge in [0.2, 0.25) is 0 Å². The summed E-state index contributed by atoms with van der Waals surface area (Å²) in [4.78, 5) is 19.8. The van der Waals surface area contributed by atoms with Gasteiger partial charge in [-0.3, -0.25) is 4.79 Å². The lowest BCUT2D eigenvalue weighted by Crippen LogP contribution is -2.14. The minimum absolute atomic E-state index is 0.0291. The molecule has 25 heavy (non-hydrogen) atoms. The van der Waals surface area contributed by atoms with Gasteiger partial charge < -0.3 is 10.6 Å². The molecule has 0 aliphatic carbocycles. The summed E-state index contributed by atoms with van der Waals surface area (Å²) >= 11 is 0. The van der Waals surface area contributed by atoms with Gasteiger partial charge in [0.15, 0.2) is 0 Å². The predicted molar refractivity (Wildman–Crippen MR) is 86.0 cm³/mol. The van der Waals surface area contributed by atoms with Crippen LogP contribution in [0.4, 0.5) is 30.4 Å². The second-order valence-corrected chi connectivity index (χ2v) is 4.97. The molecule has 2 aromatic carbocycles. The molecule has 0 atom stereocenters. The Labute approximate surface area is 140 Å². The summed E-state index contributed by atoms with van der Waals surface area (Å²) in [6, 6.07) is 9.84. The summed E-state index contributed by atoms with van der Waals surface area (Å²) in [5.74, 6) is -2.56. The molecular weight excluding hydrogens is 333 g/mol. The predicted octanol–water partition coefficient (Wildman–Crippen LogP) is 3.89. The van der Waals surface area contributed by atoms with Crippen LogP contribution in [-0.4, -0.2) is 15.9 Å². The van der Waals surface area contributed by atoms with Crippen LogP contribution in [0.5, 0.6) is 0 Å². The molecule has 1 aromatic heterocycles. The Balaban J connectivity index is 1.79.